The Morgan fingerprint density at radius 3 is 2.04 bits per heavy atom. The predicted octanol–water partition coefficient (Wildman–Crippen LogP) is 4.38. The van der Waals surface area contributed by atoms with E-state index in [1.807, 2.05) is 0 Å². The van der Waals surface area contributed by atoms with Gasteiger partial charge in [0.1, 0.15) is 0 Å². The summed E-state index contributed by atoms with van der Waals surface area (Å²) in [6.07, 6.45) is -4.48. The molecule has 4 nitrogen and oxygen atoms in total. The normalized spacial score (nSPS) is 11.1. The van der Waals surface area contributed by atoms with Gasteiger partial charge >= 0.3 is 6.18 Å². The lowest BCUT2D eigenvalue weighted by Gasteiger charge is -2.10. The number of halogens is 5. The Morgan fingerprint density at radius 1 is 0.960 bits per heavy atom. The van der Waals surface area contributed by atoms with E-state index in [-0.39, 0.29) is 21.3 Å². The Labute approximate surface area is 150 Å². The molecule has 9 heteroatoms. The molecule has 2 rings (SSSR count). The molecule has 2 aromatic rings. The lowest BCUT2D eigenvalue weighted by Crippen LogP contribution is -2.33. The molecular formula is C16H11Cl2F3N2O2. The lowest BCUT2D eigenvalue weighted by atomic mass is 10.1. The minimum Gasteiger partial charge on any atom is -0.343 e. The molecule has 0 aliphatic carbocycles. The lowest BCUT2D eigenvalue weighted by molar-refractivity contribution is -0.137. The summed E-state index contributed by atoms with van der Waals surface area (Å²) >= 11 is 11.8. The van der Waals surface area contributed by atoms with E-state index in [4.69, 9.17) is 23.2 Å². The van der Waals surface area contributed by atoms with E-state index in [1.165, 1.54) is 12.1 Å². The van der Waals surface area contributed by atoms with Crippen molar-refractivity contribution in [3.8, 4) is 0 Å². The number of amides is 2. The molecule has 0 aromatic heterocycles. The molecule has 0 bridgehead atoms. The summed E-state index contributed by atoms with van der Waals surface area (Å²) in [4.78, 5) is 23.7. The number of carbonyl (C=O) groups excluding carboxylic acids is 2. The number of benzene rings is 2. The maximum absolute atomic E-state index is 12.5. The molecule has 2 N–H and O–H groups in total. The van der Waals surface area contributed by atoms with Gasteiger partial charge in [-0.25, -0.2) is 0 Å². The third kappa shape index (κ3) is 5.11. The van der Waals surface area contributed by atoms with Crippen molar-refractivity contribution in [1.29, 1.82) is 0 Å². The predicted molar refractivity (Wildman–Crippen MR) is 88.9 cm³/mol. The van der Waals surface area contributed by atoms with Crippen molar-refractivity contribution >= 4 is 40.7 Å². The van der Waals surface area contributed by atoms with Gasteiger partial charge in [-0.15, -0.1) is 0 Å². The summed E-state index contributed by atoms with van der Waals surface area (Å²) in [7, 11) is 0. The van der Waals surface area contributed by atoms with E-state index in [1.54, 1.807) is 6.07 Å². The standard InChI is InChI=1S/C16H11Cl2F3N2O2/c17-11-2-1-3-12(18)14(11)23-13(24)8-22-15(25)9-4-6-10(7-5-9)16(19,20)21/h1-7H,8H2,(H,22,25)(H,23,24). The van der Waals surface area contributed by atoms with E-state index in [9.17, 15) is 22.8 Å². The number of hydrogen-bond donors (Lipinski definition) is 2. The highest BCUT2D eigenvalue weighted by Gasteiger charge is 2.30. The molecule has 132 valence electrons. The Bertz CT molecular complexity index is 773. The van der Waals surface area contributed by atoms with Crippen LogP contribution in [0.2, 0.25) is 10.0 Å². The molecule has 0 atom stereocenters. The first kappa shape index (κ1) is 19.1. The SMILES string of the molecule is O=C(CNC(=O)c1ccc(C(F)(F)F)cc1)Nc1c(Cl)cccc1Cl. The Balaban J connectivity index is 1.94. The van der Waals surface area contributed by atoms with Gasteiger partial charge in [0, 0.05) is 5.56 Å². The Morgan fingerprint density at radius 2 is 1.52 bits per heavy atom. The number of alkyl halides is 3. The summed E-state index contributed by atoms with van der Waals surface area (Å²) in [6, 6.07) is 8.30. The van der Waals surface area contributed by atoms with Gasteiger partial charge in [-0.3, -0.25) is 9.59 Å². The summed E-state index contributed by atoms with van der Waals surface area (Å²) in [5.74, 6) is -1.27. The number of nitrogens with one attached hydrogen (secondary N) is 2. The van der Waals surface area contributed by atoms with Crippen LogP contribution in [-0.4, -0.2) is 18.4 Å². The summed E-state index contributed by atoms with van der Waals surface area (Å²) in [5, 5.41) is 5.21. The van der Waals surface area contributed by atoms with Crippen LogP contribution in [0.25, 0.3) is 0 Å². The van der Waals surface area contributed by atoms with Gasteiger partial charge in [0.15, 0.2) is 0 Å². The zero-order valence-corrected chi connectivity index (χ0v) is 14.0. The van der Waals surface area contributed by atoms with Crippen molar-refractivity contribution in [3.63, 3.8) is 0 Å². The van der Waals surface area contributed by atoms with E-state index >= 15 is 0 Å². The fourth-order valence-electron chi connectivity index (χ4n) is 1.87. The Hall–Kier alpha value is -2.25. The highest BCUT2D eigenvalue weighted by atomic mass is 35.5. The van der Waals surface area contributed by atoms with Gasteiger partial charge in [0.25, 0.3) is 5.91 Å². The van der Waals surface area contributed by atoms with Gasteiger partial charge in [0.2, 0.25) is 5.91 Å². The smallest absolute Gasteiger partial charge is 0.343 e. The minimum absolute atomic E-state index is 0.00317. The van der Waals surface area contributed by atoms with Crippen molar-refractivity contribution in [1.82, 2.24) is 5.32 Å². The third-order valence-corrected chi connectivity index (χ3v) is 3.74. The average Bonchev–Trinajstić information content (AvgIpc) is 2.55. The highest BCUT2D eigenvalue weighted by Crippen LogP contribution is 2.30. The van der Waals surface area contributed by atoms with Crippen molar-refractivity contribution in [2.75, 3.05) is 11.9 Å². The third-order valence-electron chi connectivity index (χ3n) is 3.11. The highest BCUT2D eigenvalue weighted by molar-refractivity contribution is 6.39. The van der Waals surface area contributed by atoms with Gasteiger partial charge in [-0.1, -0.05) is 29.3 Å². The van der Waals surface area contributed by atoms with Crippen LogP contribution in [0.15, 0.2) is 42.5 Å². The van der Waals surface area contributed by atoms with Gasteiger partial charge < -0.3 is 10.6 Å². The van der Waals surface area contributed by atoms with E-state index in [0.29, 0.717) is 0 Å². The number of carbonyl (C=O) groups is 2. The van der Waals surface area contributed by atoms with Crippen LogP contribution >= 0.6 is 23.2 Å². The molecule has 2 amide bonds. The molecule has 0 fully saturated rings. The molecule has 2 aromatic carbocycles. The van der Waals surface area contributed by atoms with Crippen LogP contribution in [0, 0.1) is 0 Å². The van der Waals surface area contributed by atoms with Gasteiger partial charge in [0.05, 0.1) is 27.8 Å². The number of anilines is 1. The van der Waals surface area contributed by atoms with E-state index in [2.05, 4.69) is 10.6 Å². The second-order valence-corrected chi connectivity index (χ2v) is 5.72. The first-order valence-electron chi connectivity index (χ1n) is 6.88. The molecule has 0 saturated carbocycles. The maximum atomic E-state index is 12.5. The Kier molecular flexibility index (Phi) is 5.92. The topological polar surface area (TPSA) is 58.2 Å². The van der Waals surface area contributed by atoms with Crippen LogP contribution < -0.4 is 10.6 Å². The van der Waals surface area contributed by atoms with Crippen LogP contribution in [0.5, 0.6) is 0 Å². The number of para-hydroxylation sites is 1. The molecule has 0 aliphatic heterocycles. The van der Waals surface area contributed by atoms with E-state index in [0.717, 1.165) is 24.3 Å². The van der Waals surface area contributed by atoms with Crippen LogP contribution in [0.3, 0.4) is 0 Å². The summed E-state index contributed by atoms with van der Waals surface area (Å²) in [5.41, 5.74) is -0.661. The zero-order valence-electron chi connectivity index (χ0n) is 12.5. The molecule has 25 heavy (non-hydrogen) atoms. The first-order chi connectivity index (χ1) is 11.7. The molecule has 0 heterocycles. The van der Waals surface area contributed by atoms with Crippen molar-refractivity contribution < 1.29 is 22.8 Å². The molecule has 0 aliphatic rings. The van der Waals surface area contributed by atoms with Crippen molar-refractivity contribution in [3.05, 3.63) is 63.6 Å². The first-order valence-corrected chi connectivity index (χ1v) is 7.63. The van der Waals surface area contributed by atoms with Crippen LogP contribution in [-0.2, 0) is 11.0 Å². The second-order valence-electron chi connectivity index (χ2n) is 4.90. The molecule has 0 radical (unpaired) electrons. The van der Waals surface area contributed by atoms with Crippen molar-refractivity contribution in [2.45, 2.75) is 6.18 Å². The average molecular weight is 391 g/mol. The molecule has 0 saturated heterocycles. The minimum atomic E-state index is -4.48. The second kappa shape index (κ2) is 7.76. The fraction of sp³-hybridized carbons (Fsp3) is 0.125. The molecule has 0 spiro atoms. The van der Waals surface area contributed by atoms with Crippen LogP contribution in [0.4, 0.5) is 18.9 Å². The van der Waals surface area contributed by atoms with E-state index < -0.39 is 30.1 Å². The zero-order chi connectivity index (χ0) is 18.6. The summed E-state index contributed by atoms with van der Waals surface area (Å²) < 4.78 is 37.4. The number of hydrogen-bond acceptors (Lipinski definition) is 2. The summed E-state index contributed by atoms with van der Waals surface area (Å²) in [6.45, 7) is -0.401. The molecule has 0 unspecified atom stereocenters. The maximum Gasteiger partial charge on any atom is 0.416 e. The molecular weight excluding hydrogens is 380 g/mol. The monoisotopic (exact) mass is 390 g/mol. The number of rotatable bonds is 4. The van der Waals surface area contributed by atoms with Gasteiger partial charge in [-0.2, -0.15) is 13.2 Å². The quantitative estimate of drug-likeness (QED) is 0.813. The van der Waals surface area contributed by atoms with Gasteiger partial charge in [-0.05, 0) is 36.4 Å². The van der Waals surface area contributed by atoms with Crippen LogP contribution in [0.1, 0.15) is 15.9 Å². The van der Waals surface area contributed by atoms with Crippen molar-refractivity contribution in [2.24, 2.45) is 0 Å². The fourth-order valence-corrected chi connectivity index (χ4v) is 2.37. The largest absolute Gasteiger partial charge is 0.416 e.